The predicted molar refractivity (Wildman–Crippen MR) is 71.6 cm³/mol. The number of nitrogens with zero attached hydrogens (tertiary/aromatic N) is 1. The first-order valence-electron chi connectivity index (χ1n) is 5.82. The molecule has 2 atom stereocenters. The molecule has 1 N–H and O–H groups in total. The molecule has 1 aromatic rings. The van der Waals surface area contributed by atoms with E-state index in [1.165, 1.54) is 5.69 Å². The van der Waals surface area contributed by atoms with Crippen molar-refractivity contribution < 1.29 is 9.90 Å². The lowest BCUT2D eigenvalue weighted by atomic mass is 9.89. The second-order valence-electron chi connectivity index (χ2n) is 4.44. The minimum absolute atomic E-state index is 0.0676. The van der Waals surface area contributed by atoms with Crippen LogP contribution in [-0.2, 0) is 4.79 Å². The number of benzene rings is 1. The lowest BCUT2D eigenvalue weighted by molar-refractivity contribution is -0.141. The summed E-state index contributed by atoms with van der Waals surface area (Å²) in [4.78, 5) is 13.4. The topological polar surface area (TPSA) is 40.5 Å². The minimum atomic E-state index is -0.727. The number of likely N-dealkylation sites (N-methyl/N-ethyl adjacent to an activating group) is 1. The Bertz CT molecular complexity index is 447. The molecule has 3 nitrogen and oxygen atoms in total. The van der Waals surface area contributed by atoms with Gasteiger partial charge in [-0.15, -0.1) is 0 Å². The van der Waals surface area contributed by atoms with E-state index in [2.05, 4.69) is 33.8 Å². The van der Waals surface area contributed by atoms with Gasteiger partial charge in [0.2, 0.25) is 0 Å². The highest BCUT2D eigenvalue weighted by atomic mass is 79.9. The summed E-state index contributed by atoms with van der Waals surface area (Å²) in [6, 6.07) is 6.05. The number of hydrogen-bond acceptors (Lipinski definition) is 2. The summed E-state index contributed by atoms with van der Waals surface area (Å²) in [5.41, 5.74) is 2.31. The zero-order chi connectivity index (χ0) is 12.6. The molecule has 0 aliphatic carbocycles. The Morgan fingerprint density at radius 1 is 1.65 bits per heavy atom. The van der Waals surface area contributed by atoms with Gasteiger partial charge in [-0.05, 0) is 24.6 Å². The number of carboxylic acids is 1. The Kier molecular flexibility index (Phi) is 3.43. The van der Waals surface area contributed by atoms with Gasteiger partial charge in [0.05, 0.1) is 5.92 Å². The number of halogens is 1. The first-order chi connectivity index (χ1) is 8.06. The molecular weight excluding hydrogens is 282 g/mol. The van der Waals surface area contributed by atoms with Crippen molar-refractivity contribution in [1.29, 1.82) is 0 Å². The molecule has 0 amide bonds. The molecular formula is C13H16BrNO2. The summed E-state index contributed by atoms with van der Waals surface area (Å²) in [6.45, 7) is 5.59. The van der Waals surface area contributed by atoms with Gasteiger partial charge in [-0.2, -0.15) is 0 Å². The van der Waals surface area contributed by atoms with E-state index in [1.54, 1.807) is 6.92 Å². The molecule has 1 aliphatic rings. The number of rotatable bonds is 3. The van der Waals surface area contributed by atoms with Gasteiger partial charge in [0.25, 0.3) is 0 Å². The van der Waals surface area contributed by atoms with Gasteiger partial charge >= 0.3 is 5.97 Å². The van der Waals surface area contributed by atoms with Crippen LogP contribution < -0.4 is 4.90 Å². The Labute approximate surface area is 110 Å². The van der Waals surface area contributed by atoms with Crippen LogP contribution in [0.4, 0.5) is 5.69 Å². The van der Waals surface area contributed by atoms with Gasteiger partial charge in [-0.25, -0.2) is 0 Å². The van der Waals surface area contributed by atoms with E-state index in [9.17, 15) is 9.90 Å². The summed E-state index contributed by atoms with van der Waals surface area (Å²) in [5, 5.41) is 9.18. The third-order valence-corrected chi connectivity index (χ3v) is 4.22. The van der Waals surface area contributed by atoms with Crippen LogP contribution in [0.15, 0.2) is 22.7 Å². The standard InChI is InChI=1S/C13H16BrNO2/c1-3-15-7-9(8(2)13(16)17)12-10(14)5-4-6-11(12)15/h4-6,8-9H,3,7H2,1-2H3,(H,16,17). The summed E-state index contributed by atoms with van der Waals surface area (Å²) in [5.74, 6) is -1.02. The SMILES string of the molecule is CCN1CC(C(C)C(=O)O)c2c(Br)cccc21. The van der Waals surface area contributed by atoms with Crippen molar-refractivity contribution in [3.63, 3.8) is 0 Å². The van der Waals surface area contributed by atoms with Crippen LogP contribution in [0, 0.1) is 5.92 Å². The second kappa shape index (κ2) is 4.69. The van der Waals surface area contributed by atoms with Crippen molar-refractivity contribution in [1.82, 2.24) is 0 Å². The summed E-state index contributed by atoms with van der Waals surface area (Å²) < 4.78 is 1.02. The maximum Gasteiger partial charge on any atom is 0.306 e. The molecule has 0 aromatic heterocycles. The summed E-state index contributed by atoms with van der Waals surface area (Å²) in [7, 11) is 0. The van der Waals surface area contributed by atoms with E-state index in [0.29, 0.717) is 0 Å². The number of carboxylic acid groups (broad SMARTS) is 1. The van der Waals surface area contributed by atoms with E-state index >= 15 is 0 Å². The van der Waals surface area contributed by atoms with Crippen molar-refractivity contribution in [2.75, 3.05) is 18.0 Å². The van der Waals surface area contributed by atoms with Crippen molar-refractivity contribution in [3.05, 3.63) is 28.2 Å². The molecule has 2 rings (SSSR count). The molecule has 17 heavy (non-hydrogen) atoms. The van der Waals surface area contributed by atoms with E-state index in [-0.39, 0.29) is 11.8 Å². The number of fused-ring (bicyclic) bond motifs is 1. The fourth-order valence-corrected chi connectivity index (χ4v) is 3.12. The number of carbonyl (C=O) groups is 1. The number of aliphatic carboxylic acids is 1. The monoisotopic (exact) mass is 297 g/mol. The first kappa shape index (κ1) is 12.4. The third-order valence-electron chi connectivity index (χ3n) is 3.53. The third kappa shape index (κ3) is 2.06. The number of hydrogen-bond donors (Lipinski definition) is 1. The van der Waals surface area contributed by atoms with E-state index in [0.717, 1.165) is 23.1 Å². The predicted octanol–water partition coefficient (Wildman–Crippen LogP) is 3.09. The zero-order valence-corrected chi connectivity index (χ0v) is 11.6. The molecule has 4 heteroatoms. The normalized spacial score (nSPS) is 20.2. The quantitative estimate of drug-likeness (QED) is 0.932. The van der Waals surface area contributed by atoms with Crippen LogP contribution in [0.5, 0.6) is 0 Å². The average molecular weight is 298 g/mol. The lowest BCUT2D eigenvalue weighted by Crippen LogP contribution is -2.26. The maximum atomic E-state index is 11.2. The zero-order valence-electron chi connectivity index (χ0n) is 9.98. The van der Waals surface area contributed by atoms with Gasteiger partial charge in [0.1, 0.15) is 0 Å². The summed E-state index contributed by atoms with van der Waals surface area (Å²) >= 11 is 3.54. The van der Waals surface area contributed by atoms with Gasteiger partial charge in [0.15, 0.2) is 0 Å². The van der Waals surface area contributed by atoms with Gasteiger partial charge in [-0.1, -0.05) is 28.9 Å². The van der Waals surface area contributed by atoms with Crippen LogP contribution in [-0.4, -0.2) is 24.2 Å². The molecule has 0 radical (unpaired) electrons. The molecule has 0 spiro atoms. The van der Waals surface area contributed by atoms with Crippen LogP contribution in [0.3, 0.4) is 0 Å². The highest BCUT2D eigenvalue weighted by Crippen LogP contribution is 2.44. The fraction of sp³-hybridized carbons (Fsp3) is 0.462. The van der Waals surface area contributed by atoms with Crippen molar-refractivity contribution in [2.45, 2.75) is 19.8 Å². The molecule has 0 saturated heterocycles. The minimum Gasteiger partial charge on any atom is -0.481 e. The molecule has 0 saturated carbocycles. The Hall–Kier alpha value is -1.03. The Morgan fingerprint density at radius 3 is 2.94 bits per heavy atom. The number of anilines is 1. The van der Waals surface area contributed by atoms with Crippen LogP contribution in [0.25, 0.3) is 0 Å². The molecule has 0 bridgehead atoms. The van der Waals surface area contributed by atoms with Gasteiger partial charge in [0, 0.05) is 29.2 Å². The van der Waals surface area contributed by atoms with Crippen LogP contribution >= 0.6 is 15.9 Å². The fourth-order valence-electron chi connectivity index (χ4n) is 2.48. The largest absolute Gasteiger partial charge is 0.481 e. The van der Waals surface area contributed by atoms with Crippen LogP contribution in [0.2, 0.25) is 0 Å². The highest BCUT2D eigenvalue weighted by Gasteiger charge is 2.36. The first-order valence-corrected chi connectivity index (χ1v) is 6.61. The molecule has 1 aliphatic heterocycles. The smallest absolute Gasteiger partial charge is 0.306 e. The van der Waals surface area contributed by atoms with Gasteiger partial charge < -0.3 is 10.0 Å². The van der Waals surface area contributed by atoms with E-state index < -0.39 is 5.97 Å². The van der Waals surface area contributed by atoms with E-state index in [1.807, 2.05) is 12.1 Å². The summed E-state index contributed by atoms with van der Waals surface area (Å²) in [6.07, 6.45) is 0. The van der Waals surface area contributed by atoms with Crippen LogP contribution in [0.1, 0.15) is 25.3 Å². The molecule has 1 aromatic carbocycles. The molecule has 1 heterocycles. The van der Waals surface area contributed by atoms with Crippen molar-refractivity contribution in [3.8, 4) is 0 Å². The average Bonchev–Trinajstić information content (AvgIpc) is 2.68. The molecule has 0 fully saturated rings. The van der Waals surface area contributed by atoms with Gasteiger partial charge in [-0.3, -0.25) is 4.79 Å². The molecule has 2 unspecified atom stereocenters. The molecule has 92 valence electrons. The Morgan fingerprint density at radius 2 is 2.35 bits per heavy atom. The Balaban J connectivity index is 2.45. The van der Waals surface area contributed by atoms with E-state index in [4.69, 9.17) is 0 Å². The van der Waals surface area contributed by atoms with Crippen molar-refractivity contribution in [2.24, 2.45) is 5.92 Å². The maximum absolute atomic E-state index is 11.2. The highest BCUT2D eigenvalue weighted by molar-refractivity contribution is 9.10. The van der Waals surface area contributed by atoms with Crippen molar-refractivity contribution >= 4 is 27.6 Å². The lowest BCUT2D eigenvalue weighted by Gasteiger charge is -2.18. The second-order valence-corrected chi connectivity index (χ2v) is 5.30.